The van der Waals surface area contributed by atoms with Crippen molar-refractivity contribution in [2.24, 2.45) is 21.5 Å². The van der Waals surface area contributed by atoms with Gasteiger partial charge in [-0.15, -0.1) is 0 Å². The molecule has 0 radical (unpaired) electrons. The number of allylic oxidation sites excluding steroid dienone is 1. The molecule has 0 bridgehead atoms. The molecule has 13 heteroatoms. The molecule has 2 heterocycles. The van der Waals surface area contributed by atoms with Crippen LogP contribution in [0.1, 0.15) is 48.0 Å². The third kappa shape index (κ3) is 9.23. The van der Waals surface area contributed by atoms with Gasteiger partial charge in [0.15, 0.2) is 5.69 Å². The average Bonchev–Trinajstić information content (AvgIpc) is 3.34. The molecule has 0 saturated heterocycles. The van der Waals surface area contributed by atoms with Crippen molar-refractivity contribution in [3.63, 3.8) is 0 Å². The summed E-state index contributed by atoms with van der Waals surface area (Å²) in [6.45, 7) is 5.85. The first kappa shape index (κ1) is 33.8. The van der Waals surface area contributed by atoms with Crippen LogP contribution in [0.4, 0.5) is 13.2 Å². The molecule has 0 unspecified atom stereocenters. The lowest BCUT2D eigenvalue weighted by Gasteiger charge is -2.30. The zero-order valence-electron chi connectivity index (χ0n) is 23.8. The van der Waals surface area contributed by atoms with Crippen molar-refractivity contribution >= 4 is 18.0 Å². The van der Waals surface area contributed by atoms with Crippen molar-refractivity contribution < 1.29 is 18.0 Å². The van der Waals surface area contributed by atoms with E-state index in [1.54, 1.807) is 50.1 Å². The highest BCUT2D eigenvalue weighted by atomic mass is 19.4. The maximum absolute atomic E-state index is 13.8. The summed E-state index contributed by atoms with van der Waals surface area (Å²) in [4.78, 5) is 23.2. The number of amides is 1. The first-order valence-electron chi connectivity index (χ1n) is 12.5. The predicted molar refractivity (Wildman–Crippen MR) is 152 cm³/mol. The second-order valence-electron chi connectivity index (χ2n) is 8.71. The number of hydrogen-bond acceptors (Lipinski definition) is 7. The van der Waals surface area contributed by atoms with Gasteiger partial charge in [-0.25, -0.2) is 0 Å². The van der Waals surface area contributed by atoms with Gasteiger partial charge in [0.1, 0.15) is 0 Å². The number of fused-ring (bicyclic) bond motifs is 1. The fourth-order valence-corrected chi connectivity index (χ4v) is 3.98. The SMILES string of the molecule is CC#N.CCn1cc(-c2cc(CN=CN)cc3c2CCN(CC(/C=C(/C)N)=NC)C3=O)c(C(F)(F)F)n1.CNC. The number of aryl methyl sites for hydroxylation is 1. The van der Waals surface area contributed by atoms with Crippen molar-refractivity contribution in [1.82, 2.24) is 20.0 Å². The lowest BCUT2D eigenvalue weighted by atomic mass is 9.88. The zero-order chi connectivity index (χ0) is 30.5. The summed E-state index contributed by atoms with van der Waals surface area (Å²) in [7, 11) is 5.36. The van der Waals surface area contributed by atoms with E-state index in [1.165, 1.54) is 17.8 Å². The number of alkyl halides is 3. The lowest BCUT2D eigenvalue weighted by Crippen LogP contribution is -2.41. The minimum atomic E-state index is -4.64. The number of benzene rings is 1. The van der Waals surface area contributed by atoms with Gasteiger partial charge in [0.2, 0.25) is 0 Å². The number of nitrogens with two attached hydrogens (primary N) is 2. The highest BCUT2D eigenvalue weighted by Gasteiger charge is 2.39. The summed E-state index contributed by atoms with van der Waals surface area (Å²) in [5, 5.41) is 13.8. The van der Waals surface area contributed by atoms with Crippen molar-refractivity contribution in [1.29, 1.82) is 5.26 Å². The molecule has 0 spiro atoms. The molecule has 1 aromatic carbocycles. The van der Waals surface area contributed by atoms with Crippen LogP contribution in [0.25, 0.3) is 11.1 Å². The Kier molecular flexibility index (Phi) is 13.6. The topological polar surface area (TPSA) is 151 Å². The molecule has 1 aliphatic heterocycles. The van der Waals surface area contributed by atoms with E-state index >= 15 is 0 Å². The van der Waals surface area contributed by atoms with Crippen LogP contribution in [0.15, 0.2) is 40.1 Å². The van der Waals surface area contributed by atoms with Gasteiger partial charge in [-0.3, -0.25) is 19.5 Å². The third-order valence-corrected chi connectivity index (χ3v) is 5.52. The number of aromatic nitrogens is 2. The second-order valence-corrected chi connectivity index (χ2v) is 8.71. The van der Waals surface area contributed by atoms with E-state index in [2.05, 4.69) is 20.4 Å². The molecule has 0 fully saturated rings. The molecule has 10 nitrogen and oxygen atoms in total. The Labute approximate surface area is 233 Å². The number of hydrogen-bond donors (Lipinski definition) is 3. The van der Waals surface area contributed by atoms with Crippen LogP contribution in [-0.4, -0.2) is 66.9 Å². The molecule has 3 rings (SSSR count). The molecular formula is C27H38F3N9O. The molecule has 40 heavy (non-hydrogen) atoms. The van der Waals surface area contributed by atoms with Crippen LogP contribution in [0.3, 0.4) is 0 Å². The van der Waals surface area contributed by atoms with Crippen LogP contribution in [0.5, 0.6) is 0 Å². The van der Waals surface area contributed by atoms with Crippen LogP contribution < -0.4 is 16.8 Å². The predicted octanol–water partition coefficient (Wildman–Crippen LogP) is 3.37. The quantitative estimate of drug-likeness (QED) is 0.348. The van der Waals surface area contributed by atoms with E-state index in [-0.39, 0.29) is 31.1 Å². The van der Waals surface area contributed by atoms with Crippen molar-refractivity contribution in [2.45, 2.75) is 46.5 Å². The van der Waals surface area contributed by atoms with Crippen LogP contribution >= 0.6 is 0 Å². The largest absolute Gasteiger partial charge is 0.435 e. The van der Waals surface area contributed by atoms with Gasteiger partial charge in [-0.05, 0) is 69.3 Å². The van der Waals surface area contributed by atoms with Gasteiger partial charge < -0.3 is 21.7 Å². The normalized spacial score (nSPS) is 13.7. The van der Waals surface area contributed by atoms with E-state index in [0.29, 0.717) is 46.6 Å². The van der Waals surface area contributed by atoms with Crippen LogP contribution in [0, 0.1) is 11.3 Å². The summed E-state index contributed by atoms with van der Waals surface area (Å²) >= 11 is 0. The minimum Gasteiger partial charge on any atom is -0.402 e. The third-order valence-electron chi connectivity index (χ3n) is 5.52. The van der Waals surface area contributed by atoms with Gasteiger partial charge in [0.05, 0.1) is 31.2 Å². The van der Waals surface area contributed by atoms with Crippen molar-refractivity contribution in [3.8, 4) is 17.2 Å². The molecule has 1 aromatic heterocycles. The standard InChI is InChI=1S/C23H28F3N7O.C2H7N.C2H3N/c1-4-33-12-20(21(31-33)23(24,25)26)18-8-15(10-30-13-27)9-19-17(18)5-6-32(22(19)34)11-16(29-3)7-14(2)28;1-3-2;1-2-3/h7-9,12-13H,4-6,10-11,28H2,1-3H3,(H2,27,30);3H,1-2H3;1H3/b14-7-,29-16?;;. The zero-order valence-corrected chi connectivity index (χ0v) is 23.8. The van der Waals surface area contributed by atoms with Gasteiger partial charge in [0.25, 0.3) is 5.91 Å². The summed E-state index contributed by atoms with van der Waals surface area (Å²) < 4.78 is 42.7. The minimum absolute atomic E-state index is 0.0528. The Bertz CT molecular complexity index is 1270. The van der Waals surface area contributed by atoms with Crippen LogP contribution in [-0.2, 0) is 25.7 Å². The monoisotopic (exact) mass is 561 g/mol. The highest BCUT2D eigenvalue weighted by molar-refractivity contribution is 6.04. The Morgan fingerprint density at radius 1 is 1.27 bits per heavy atom. The Morgan fingerprint density at radius 3 is 2.38 bits per heavy atom. The summed E-state index contributed by atoms with van der Waals surface area (Å²) in [5.41, 5.74) is 13.1. The average molecular weight is 562 g/mol. The number of carbonyl (C=O) groups is 1. The number of aliphatic imine (C=N–C) groups is 2. The molecule has 0 saturated carbocycles. The van der Waals surface area contributed by atoms with Gasteiger partial charge >= 0.3 is 6.18 Å². The Morgan fingerprint density at radius 2 is 1.88 bits per heavy atom. The fraction of sp³-hybridized carbons (Fsp3) is 0.444. The molecule has 0 aliphatic carbocycles. The van der Waals surface area contributed by atoms with E-state index in [4.69, 9.17) is 16.7 Å². The summed E-state index contributed by atoms with van der Waals surface area (Å²) in [6, 6.07) is 5.06. The molecule has 5 N–H and O–H groups in total. The fourth-order valence-electron chi connectivity index (χ4n) is 3.98. The van der Waals surface area contributed by atoms with E-state index in [9.17, 15) is 18.0 Å². The van der Waals surface area contributed by atoms with Crippen LogP contribution in [0.2, 0.25) is 0 Å². The molecular weight excluding hydrogens is 523 g/mol. The number of rotatable bonds is 7. The van der Waals surface area contributed by atoms with Gasteiger partial charge in [-0.1, -0.05) is 0 Å². The number of halogens is 3. The Balaban J connectivity index is 0.00000122. The smallest absolute Gasteiger partial charge is 0.402 e. The number of nitrogens with one attached hydrogen (secondary N) is 1. The first-order chi connectivity index (χ1) is 18.9. The maximum Gasteiger partial charge on any atom is 0.435 e. The number of nitriles is 1. The number of carbonyl (C=O) groups excluding carboxylic acids is 1. The number of nitrogens with zero attached hydrogens (tertiary/aromatic N) is 6. The molecule has 2 aromatic rings. The summed E-state index contributed by atoms with van der Waals surface area (Å²) in [5.74, 6) is -0.290. The first-order valence-corrected chi connectivity index (χ1v) is 12.5. The summed E-state index contributed by atoms with van der Waals surface area (Å²) in [6.07, 6.45) is -0.0717. The lowest BCUT2D eigenvalue weighted by molar-refractivity contribution is -0.141. The molecule has 0 atom stereocenters. The molecule has 1 amide bonds. The van der Waals surface area contributed by atoms with E-state index in [0.717, 1.165) is 6.34 Å². The van der Waals surface area contributed by atoms with E-state index in [1.807, 2.05) is 14.1 Å². The van der Waals surface area contributed by atoms with Crippen molar-refractivity contribution in [3.05, 3.63) is 52.5 Å². The van der Waals surface area contributed by atoms with Gasteiger partial charge in [-0.2, -0.15) is 23.5 Å². The second kappa shape index (κ2) is 16.0. The van der Waals surface area contributed by atoms with Gasteiger partial charge in [0, 0.05) is 50.1 Å². The Hall–Kier alpha value is -4.18. The van der Waals surface area contributed by atoms with E-state index < -0.39 is 11.9 Å². The highest BCUT2D eigenvalue weighted by Crippen LogP contribution is 2.40. The molecule has 1 aliphatic rings. The molecule has 218 valence electrons. The van der Waals surface area contributed by atoms with Crippen molar-refractivity contribution in [2.75, 3.05) is 34.2 Å². The maximum atomic E-state index is 13.8.